The fourth-order valence-corrected chi connectivity index (χ4v) is 3.66. The van der Waals surface area contributed by atoms with E-state index >= 15 is 0 Å². The maximum atomic E-state index is 13.3. The molecule has 2 nitrogen and oxygen atoms in total. The Morgan fingerprint density at radius 2 is 1.54 bits per heavy atom. The summed E-state index contributed by atoms with van der Waals surface area (Å²) < 4.78 is 0. The predicted molar refractivity (Wildman–Crippen MR) is 117 cm³/mol. The molecule has 0 heterocycles. The third-order valence-electron chi connectivity index (χ3n) is 4.83. The molecule has 0 aliphatic rings. The van der Waals surface area contributed by atoms with Crippen LogP contribution in [0.3, 0.4) is 0 Å². The second kappa shape index (κ2) is 10.0. The van der Waals surface area contributed by atoms with Crippen LogP contribution in [-0.4, -0.2) is 5.78 Å². The topological polar surface area (TPSA) is 29.1 Å². The van der Waals surface area contributed by atoms with E-state index in [1.165, 1.54) is 0 Å². The van der Waals surface area contributed by atoms with Crippen molar-refractivity contribution in [2.75, 3.05) is 0 Å². The molecule has 1 N–H and O–H groups in total. The van der Waals surface area contributed by atoms with E-state index in [1.54, 1.807) is 6.08 Å². The zero-order valence-corrected chi connectivity index (χ0v) is 16.5. The Hall–Kier alpha value is -2.68. The molecule has 0 fully saturated rings. The summed E-state index contributed by atoms with van der Waals surface area (Å²) in [6.07, 6.45) is 2.37. The lowest BCUT2D eigenvalue weighted by molar-refractivity contribution is 0.0888. The molecule has 2 atom stereocenters. The largest absolute Gasteiger partial charge is 0.305 e. The van der Waals surface area contributed by atoms with E-state index < -0.39 is 0 Å². The Morgan fingerprint density at radius 3 is 2.18 bits per heavy atom. The summed E-state index contributed by atoms with van der Waals surface area (Å²) in [7, 11) is 0. The highest BCUT2D eigenvalue weighted by Gasteiger charge is 2.30. The number of Topliss-reactive ketones (excluding diaryl/α,β-unsaturated/α-hetero) is 1. The number of halogens is 1. The first kappa shape index (κ1) is 20.1. The Labute approximate surface area is 171 Å². The highest BCUT2D eigenvalue weighted by molar-refractivity contribution is 6.31. The minimum atomic E-state index is -0.302. The van der Waals surface area contributed by atoms with Gasteiger partial charge in [0.25, 0.3) is 0 Å². The quantitative estimate of drug-likeness (QED) is 0.346. The van der Waals surface area contributed by atoms with Gasteiger partial charge in [-0.3, -0.25) is 4.79 Å². The van der Waals surface area contributed by atoms with Crippen LogP contribution < -0.4 is 5.32 Å². The van der Waals surface area contributed by atoms with E-state index in [4.69, 9.17) is 11.6 Å². The summed E-state index contributed by atoms with van der Waals surface area (Å²) in [6, 6.07) is 27.1. The molecular weight excluding hydrogens is 366 g/mol. The third kappa shape index (κ3) is 4.98. The molecule has 142 valence electrons. The summed E-state index contributed by atoms with van der Waals surface area (Å²) >= 11 is 6.52. The van der Waals surface area contributed by atoms with Crippen LogP contribution in [0, 0.1) is 5.92 Å². The number of allylic oxidation sites excluding steroid dienone is 1. The number of hydrogen-bond donors (Lipinski definition) is 1. The molecule has 3 aromatic rings. The van der Waals surface area contributed by atoms with Crippen LogP contribution in [0.1, 0.15) is 33.9 Å². The second-order valence-electron chi connectivity index (χ2n) is 6.73. The molecule has 0 radical (unpaired) electrons. The van der Waals surface area contributed by atoms with E-state index in [0.717, 1.165) is 11.1 Å². The Kier molecular flexibility index (Phi) is 7.18. The highest BCUT2D eigenvalue weighted by atomic mass is 35.5. The van der Waals surface area contributed by atoms with Crippen molar-refractivity contribution in [2.45, 2.75) is 19.0 Å². The Balaban J connectivity index is 1.95. The van der Waals surface area contributed by atoms with Gasteiger partial charge in [0.2, 0.25) is 0 Å². The molecule has 0 unspecified atom stereocenters. The van der Waals surface area contributed by atoms with E-state index in [9.17, 15) is 4.79 Å². The van der Waals surface area contributed by atoms with Crippen molar-refractivity contribution in [1.29, 1.82) is 0 Å². The molecule has 0 aromatic heterocycles. The lowest BCUT2D eigenvalue weighted by Gasteiger charge is -2.28. The summed E-state index contributed by atoms with van der Waals surface area (Å²) in [5.74, 6) is -0.213. The van der Waals surface area contributed by atoms with Crippen molar-refractivity contribution in [3.05, 3.63) is 119 Å². The van der Waals surface area contributed by atoms with Crippen molar-refractivity contribution in [3.63, 3.8) is 0 Å². The van der Waals surface area contributed by atoms with Gasteiger partial charge < -0.3 is 5.32 Å². The maximum absolute atomic E-state index is 13.3. The van der Waals surface area contributed by atoms with Gasteiger partial charge in [0.1, 0.15) is 0 Å². The smallest absolute Gasteiger partial charge is 0.168 e. The zero-order chi connectivity index (χ0) is 19.8. The van der Waals surface area contributed by atoms with Gasteiger partial charge in [0.15, 0.2) is 5.78 Å². The van der Waals surface area contributed by atoms with Crippen LogP contribution in [0.5, 0.6) is 0 Å². The van der Waals surface area contributed by atoms with Gasteiger partial charge in [0.05, 0.1) is 0 Å². The first-order valence-corrected chi connectivity index (χ1v) is 9.80. The van der Waals surface area contributed by atoms with E-state index in [1.807, 2.05) is 72.8 Å². The van der Waals surface area contributed by atoms with Gasteiger partial charge >= 0.3 is 0 Å². The van der Waals surface area contributed by atoms with Crippen LogP contribution in [0.2, 0.25) is 5.02 Å². The fraction of sp³-hybridized carbons (Fsp3) is 0.160. The van der Waals surface area contributed by atoms with Crippen molar-refractivity contribution < 1.29 is 4.79 Å². The normalized spacial score (nSPS) is 12.9. The van der Waals surface area contributed by atoms with Gasteiger partial charge in [-0.15, -0.1) is 6.58 Å². The molecule has 0 amide bonds. The number of benzene rings is 3. The minimum absolute atomic E-state index is 0.0889. The molecule has 0 spiro atoms. The van der Waals surface area contributed by atoms with E-state index in [2.05, 4.69) is 24.0 Å². The molecule has 0 saturated carbocycles. The van der Waals surface area contributed by atoms with Gasteiger partial charge in [-0.1, -0.05) is 96.5 Å². The highest BCUT2D eigenvalue weighted by Crippen LogP contribution is 2.33. The lowest BCUT2D eigenvalue weighted by Crippen LogP contribution is -2.33. The third-order valence-corrected chi connectivity index (χ3v) is 5.17. The van der Waals surface area contributed by atoms with Crippen LogP contribution >= 0.6 is 11.6 Å². The van der Waals surface area contributed by atoms with Crippen molar-refractivity contribution in [2.24, 2.45) is 5.92 Å². The Morgan fingerprint density at radius 1 is 0.929 bits per heavy atom. The standard InChI is InChI=1S/C25H24ClNO/c1-2-11-22(25(28)20-14-7-4-8-15-20)24(21-16-9-10-17-23(21)26)27-18-19-12-5-3-6-13-19/h2-10,12-17,22,24,27H,1,11,18H2/t22-,24-/m0/s1. The van der Waals surface area contributed by atoms with Gasteiger partial charge in [-0.25, -0.2) is 0 Å². The van der Waals surface area contributed by atoms with Crippen LogP contribution in [0.25, 0.3) is 0 Å². The maximum Gasteiger partial charge on any atom is 0.168 e. The number of hydrogen-bond acceptors (Lipinski definition) is 2. The molecular formula is C25H24ClNO. The number of ketones is 1. The molecule has 0 saturated heterocycles. The average Bonchev–Trinajstić information content (AvgIpc) is 2.75. The molecule has 3 heteroatoms. The van der Waals surface area contributed by atoms with E-state index in [0.29, 0.717) is 23.6 Å². The molecule has 3 aromatic carbocycles. The predicted octanol–water partition coefficient (Wildman–Crippen LogP) is 6.25. The monoisotopic (exact) mass is 389 g/mol. The number of nitrogens with one attached hydrogen (secondary N) is 1. The lowest BCUT2D eigenvalue weighted by atomic mass is 9.84. The molecule has 0 aliphatic heterocycles. The van der Waals surface area contributed by atoms with Gasteiger partial charge in [-0.2, -0.15) is 0 Å². The van der Waals surface area contributed by atoms with Crippen LogP contribution in [-0.2, 0) is 6.54 Å². The first-order chi connectivity index (χ1) is 13.7. The van der Waals surface area contributed by atoms with Crippen molar-refractivity contribution in [1.82, 2.24) is 5.32 Å². The fourth-order valence-electron chi connectivity index (χ4n) is 3.41. The van der Waals surface area contributed by atoms with Gasteiger partial charge in [-0.05, 0) is 23.6 Å². The molecule has 28 heavy (non-hydrogen) atoms. The number of carbonyl (C=O) groups is 1. The number of rotatable bonds is 9. The summed E-state index contributed by atoms with van der Waals surface area (Å²) in [4.78, 5) is 13.3. The molecule has 0 bridgehead atoms. The SMILES string of the molecule is C=CC[C@H](C(=O)c1ccccc1)[C@@H](NCc1ccccc1)c1ccccc1Cl. The van der Waals surface area contributed by atoms with Gasteiger partial charge in [0, 0.05) is 29.1 Å². The van der Waals surface area contributed by atoms with Crippen LogP contribution in [0.15, 0.2) is 97.6 Å². The minimum Gasteiger partial charge on any atom is -0.305 e. The second-order valence-corrected chi connectivity index (χ2v) is 7.13. The first-order valence-electron chi connectivity index (χ1n) is 9.42. The molecule has 3 rings (SSSR count). The summed E-state index contributed by atoms with van der Waals surface area (Å²) in [5.41, 5.74) is 2.79. The molecule has 0 aliphatic carbocycles. The van der Waals surface area contributed by atoms with Crippen molar-refractivity contribution in [3.8, 4) is 0 Å². The van der Waals surface area contributed by atoms with E-state index in [-0.39, 0.29) is 17.7 Å². The summed E-state index contributed by atoms with van der Waals surface area (Å²) in [5, 5.41) is 4.23. The Bertz CT molecular complexity index is 908. The summed E-state index contributed by atoms with van der Waals surface area (Å²) in [6.45, 7) is 4.53. The number of carbonyl (C=O) groups excluding carboxylic acids is 1. The zero-order valence-electron chi connectivity index (χ0n) is 15.7. The van der Waals surface area contributed by atoms with Crippen molar-refractivity contribution >= 4 is 17.4 Å². The van der Waals surface area contributed by atoms with Crippen LogP contribution in [0.4, 0.5) is 0 Å². The average molecular weight is 390 g/mol.